The Kier molecular flexibility index (Phi) is 7.21. The number of amides is 2. The van der Waals surface area contributed by atoms with E-state index in [1.54, 1.807) is 24.3 Å². The van der Waals surface area contributed by atoms with E-state index in [2.05, 4.69) is 10.6 Å². The lowest BCUT2D eigenvalue weighted by Crippen LogP contribution is -2.17. The quantitative estimate of drug-likeness (QED) is 0.691. The minimum atomic E-state index is -0.0727. The van der Waals surface area contributed by atoms with Crippen LogP contribution in [-0.2, 0) is 9.59 Å². The van der Waals surface area contributed by atoms with Gasteiger partial charge in [0, 0.05) is 23.7 Å². The van der Waals surface area contributed by atoms with Crippen molar-refractivity contribution in [2.24, 2.45) is 5.92 Å². The summed E-state index contributed by atoms with van der Waals surface area (Å²) < 4.78 is 5.61. The number of carbonyl (C=O) groups is 2. The van der Waals surface area contributed by atoms with Crippen LogP contribution in [0.1, 0.15) is 32.3 Å². The van der Waals surface area contributed by atoms with Crippen molar-refractivity contribution in [1.82, 2.24) is 0 Å². The summed E-state index contributed by atoms with van der Waals surface area (Å²) in [6.45, 7) is 6.20. The van der Waals surface area contributed by atoms with Crippen molar-refractivity contribution in [2.45, 2.75) is 33.6 Å². The number of carbonyl (C=O) groups excluding carboxylic acids is 2. The molecule has 0 bridgehead atoms. The zero-order chi connectivity index (χ0) is 18.9. The van der Waals surface area contributed by atoms with Crippen LogP contribution in [0.15, 0.2) is 48.5 Å². The molecule has 2 N–H and O–H groups in total. The number of anilines is 2. The molecule has 0 radical (unpaired) electrons. The molecule has 0 saturated carbocycles. The summed E-state index contributed by atoms with van der Waals surface area (Å²) in [6, 6.07) is 14.9. The van der Waals surface area contributed by atoms with Gasteiger partial charge < -0.3 is 15.4 Å². The van der Waals surface area contributed by atoms with Crippen molar-refractivity contribution in [2.75, 3.05) is 17.2 Å². The van der Waals surface area contributed by atoms with Crippen molar-refractivity contribution >= 4 is 23.2 Å². The van der Waals surface area contributed by atoms with E-state index >= 15 is 0 Å². The molecule has 0 atom stereocenters. The Bertz CT molecular complexity index is 722. The van der Waals surface area contributed by atoms with Gasteiger partial charge in [-0.05, 0) is 49.7 Å². The molecule has 0 saturated heterocycles. The molecule has 2 aromatic carbocycles. The molecule has 5 nitrogen and oxygen atoms in total. The first kappa shape index (κ1) is 19.5. The molecule has 0 aromatic heterocycles. The largest absolute Gasteiger partial charge is 0.494 e. The first-order valence-corrected chi connectivity index (χ1v) is 8.84. The van der Waals surface area contributed by atoms with Gasteiger partial charge in [-0.15, -0.1) is 0 Å². The van der Waals surface area contributed by atoms with E-state index in [0.717, 1.165) is 5.75 Å². The van der Waals surface area contributed by atoms with Crippen molar-refractivity contribution in [3.8, 4) is 5.75 Å². The monoisotopic (exact) mass is 354 g/mol. The normalized spacial score (nSPS) is 10.5. The van der Waals surface area contributed by atoms with Crippen molar-refractivity contribution < 1.29 is 14.3 Å². The van der Waals surface area contributed by atoms with E-state index in [1.165, 1.54) is 5.56 Å². The standard InChI is InChI=1S/C21H26N2O3/c1-15(2)21(25)23-18-10-8-17(9-11-18)22-20(24)5-4-14-26-19-12-6-16(3)7-13-19/h6-13,15H,4-5,14H2,1-3H3,(H,22,24)(H,23,25). The summed E-state index contributed by atoms with van der Waals surface area (Å²) in [7, 11) is 0. The van der Waals surface area contributed by atoms with Crippen LogP contribution < -0.4 is 15.4 Å². The summed E-state index contributed by atoms with van der Waals surface area (Å²) in [5.74, 6) is 0.651. The maximum atomic E-state index is 12.0. The molecule has 138 valence electrons. The predicted molar refractivity (Wildman–Crippen MR) is 104 cm³/mol. The molecular formula is C21H26N2O3. The molecule has 0 heterocycles. The lowest BCUT2D eigenvalue weighted by atomic mass is 10.2. The number of hydrogen-bond donors (Lipinski definition) is 2. The number of hydrogen-bond acceptors (Lipinski definition) is 3. The Morgan fingerprint density at radius 1 is 0.923 bits per heavy atom. The third-order valence-electron chi connectivity index (χ3n) is 3.80. The van der Waals surface area contributed by atoms with Gasteiger partial charge in [0.25, 0.3) is 0 Å². The molecule has 0 aliphatic rings. The highest BCUT2D eigenvalue weighted by Gasteiger charge is 2.07. The van der Waals surface area contributed by atoms with Gasteiger partial charge >= 0.3 is 0 Å². The molecule has 2 rings (SSSR count). The van der Waals surface area contributed by atoms with Crippen LogP contribution in [0, 0.1) is 12.8 Å². The molecule has 0 aliphatic heterocycles. The van der Waals surface area contributed by atoms with Gasteiger partial charge in [0.1, 0.15) is 5.75 Å². The predicted octanol–water partition coefficient (Wildman–Crippen LogP) is 4.39. The molecule has 2 aromatic rings. The lowest BCUT2D eigenvalue weighted by Gasteiger charge is -2.10. The fraction of sp³-hybridized carbons (Fsp3) is 0.333. The number of aryl methyl sites for hydroxylation is 1. The van der Waals surface area contributed by atoms with E-state index in [1.807, 2.05) is 45.0 Å². The second-order valence-corrected chi connectivity index (χ2v) is 6.53. The number of benzene rings is 2. The van der Waals surface area contributed by atoms with Crippen LogP contribution in [0.25, 0.3) is 0 Å². The first-order valence-electron chi connectivity index (χ1n) is 8.84. The Labute approximate surface area is 154 Å². The molecule has 0 fully saturated rings. The fourth-order valence-corrected chi connectivity index (χ4v) is 2.20. The van der Waals surface area contributed by atoms with Crippen LogP contribution in [0.2, 0.25) is 0 Å². The van der Waals surface area contributed by atoms with E-state index < -0.39 is 0 Å². The zero-order valence-electron chi connectivity index (χ0n) is 15.5. The van der Waals surface area contributed by atoms with Crippen LogP contribution in [0.3, 0.4) is 0 Å². The number of rotatable bonds is 8. The Morgan fingerprint density at radius 3 is 2.08 bits per heavy atom. The van der Waals surface area contributed by atoms with Crippen LogP contribution in [-0.4, -0.2) is 18.4 Å². The van der Waals surface area contributed by atoms with E-state index in [0.29, 0.717) is 30.8 Å². The molecule has 2 amide bonds. The Balaban J connectivity index is 1.70. The van der Waals surface area contributed by atoms with Crippen molar-refractivity contribution in [1.29, 1.82) is 0 Å². The number of nitrogens with one attached hydrogen (secondary N) is 2. The molecule has 0 unspecified atom stereocenters. The second kappa shape index (κ2) is 9.61. The summed E-state index contributed by atoms with van der Waals surface area (Å²) in [5.41, 5.74) is 2.61. The highest BCUT2D eigenvalue weighted by molar-refractivity contribution is 5.93. The molecule has 0 spiro atoms. The summed E-state index contributed by atoms with van der Waals surface area (Å²) in [4.78, 5) is 23.6. The van der Waals surface area contributed by atoms with E-state index in [-0.39, 0.29) is 17.7 Å². The molecule has 26 heavy (non-hydrogen) atoms. The van der Waals surface area contributed by atoms with Gasteiger partial charge in [-0.2, -0.15) is 0 Å². The van der Waals surface area contributed by atoms with Gasteiger partial charge in [0.2, 0.25) is 11.8 Å². The molecule has 5 heteroatoms. The smallest absolute Gasteiger partial charge is 0.226 e. The summed E-state index contributed by atoms with van der Waals surface area (Å²) >= 11 is 0. The van der Waals surface area contributed by atoms with Gasteiger partial charge in [-0.3, -0.25) is 9.59 Å². The highest BCUT2D eigenvalue weighted by Crippen LogP contribution is 2.15. The van der Waals surface area contributed by atoms with Crippen LogP contribution in [0.5, 0.6) is 5.75 Å². The zero-order valence-corrected chi connectivity index (χ0v) is 15.5. The van der Waals surface area contributed by atoms with Crippen molar-refractivity contribution in [3.05, 3.63) is 54.1 Å². The fourth-order valence-electron chi connectivity index (χ4n) is 2.20. The van der Waals surface area contributed by atoms with Gasteiger partial charge in [0.05, 0.1) is 6.61 Å². The lowest BCUT2D eigenvalue weighted by molar-refractivity contribution is -0.119. The Morgan fingerprint density at radius 2 is 1.50 bits per heavy atom. The third-order valence-corrected chi connectivity index (χ3v) is 3.80. The maximum Gasteiger partial charge on any atom is 0.226 e. The Hall–Kier alpha value is -2.82. The van der Waals surface area contributed by atoms with Gasteiger partial charge in [-0.25, -0.2) is 0 Å². The van der Waals surface area contributed by atoms with E-state index in [9.17, 15) is 9.59 Å². The minimum absolute atomic E-state index is 0.0321. The molecular weight excluding hydrogens is 328 g/mol. The maximum absolute atomic E-state index is 12.0. The summed E-state index contributed by atoms with van der Waals surface area (Å²) in [6.07, 6.45) is 1.03. The first-order chi connectivity index (χ1) is 12.4. The van der Waals surface area contributed by atoms with Crippen LogP contribution >= 0.6 is 0 Å². The van der Waals surface area contributed by atoms with Crippen molar-refractivity contribution in [3.63, 3.8) is 0 Å². The average molecular weight is 354 g/mol. The number of ether oxygens (including phenoxy) is 1. The molecule has 0 aliphatic carbocycles. The van der Waals surface area contributed by atoms with E-state index in [4.69, 9.17) is 4.74 Å². The second-order valence-electron chi connectivity index (χ2n) is 6.53. The van der Waals surface area contributed by atoms with Crippen LogP contribution in [0.4, 0.5) is 11.4 Å². The topological polar surface area (TPSA) is 67.4 Å². The van der Waals surface area contributed by atoms with Gasteiger partial charge in [-0.1, -0.05) is 31.5 Å². The summed E-state index contributed by atoms with van der Waals surface area (Å²) in [5, 5.41) is 5.66. The third kappa shape index (κ3) is 6.59. The SMILES string of the molecule is Cc1ccc(OCCCC(=O)Nc2ccc(NC(=O)C(C)C)cc2)cc1. The van der Waals surface area contributed by atoms with Gasteiger partial charge in [0.15, 0.2) is 0 Å². The average Bonchev–Trinajstić information content (AvgIpc) is 2.62. The minimum Gasteiger partial charge on any atom is -0.494 e. The highest BCUT2D eigenvalue weighted by atomic mass is 16.5.